The van der Waals surface area contributed by atoms with E-state index in [0.717, 1.165) is 19.3 Å². The predicted molar refractivity (Wildman–Crippen MR) is 67.1 cm³/mol. The first-order valence-corrected chi connectivity index (χ1v) is 6.94. The van der Waals surface area contributed by atoms with Crippen molar-refractivity contribution in [3.05, 3.63) is 0 Å². The fraction of sp³-hybridized carbons (Fsp3) is 0.769. The molecule has 4 amide bonds. The van der Waals surface area contributed by atoms with Crippen molar-refractivity contribution in [1.82, 2.24) is 15.5 Å². The van der Waals surface area contributed by atoms with E-state index in [-0.39, 0.29) is 17.7 Å². The van der Waals surface area contributed by atoms with Crippen molar-refractivity contribution in [1.29, 1.82) is 0 Å². The quantitative estimate of drug-likeness (QED) is 0.666. The first kappa shape index (κ1) is 12.4. The van der Waals surface area contributed by atoms with Gasteiger partial charge in [0.25, 0.3) is 5.91 Å². The molecule has 19 heavy (non-hydrogen) atoms. The van der Waals surface area contributed by atoms with Crippen LogP contribution in [0.1, 0.15) is 32.6 Å². The molecule has 2 aliphatic heterocycles. The van der Waals surface area contributed by atoms with Crippen LogP contribution >= 0.6 is 0 Å². The molecule has 1 saturated carbocycles. The Labute approximate surface area is 111 Å². The van der Waals surface area contributed by atoms with Gasteiger partial charge in [0.15, 0.2) is 0 Å². The van der Waals surface area contributed by atoms with Crippen molar-refractivity contribution < 1.29 is 14.4 Å². The first-order chi connectivity index (χ1) is 9.02. The third kappa shape index (κ3) is 1.89. The van der Waals surface area contributed by atoms with Crippen molar-refractivity contribution in [2.75, 3.05) is 13.1 Å². The number of amides is 4. The summed E-state index contributed by atoms with van der Waals surface area (Å²) in [6.07, 6.45) is 3.67. The van der Waals surface area contributed by atoms with Gasteiger partial charge in [-0.25, -0.2) is 4.79 Å². The Hall–Kier alpha value is -1.59. The summed E-state index contributed by atoms with van der Waals surface area (Å²) in [5.41, 5.74) is -0.880. The lowest BCUT2D eigenvalue weighted by Crippen LogP contribution is -2.50. The van der Waals surface area contributed by atoms with Crippen LogP contribution in [0.25, 0.3) is 0 Å². The minimum atomic E-state index is -0.880. The van der Waals surface area contributed by atoms with E-state index in [1.165, 1.54) is 0 Å². The van der Waals surface area contributed by atoms with Crippen molar-refractivity contribution in [2.24, 2.45) is 11.8 Å². The van der Waals surface area contributed by atoms with Crippen molar-refractivity contribution in [3.8, 4) is 0 Å². The van der Waals surface area contributed by atoms with Gasteiger partial charge in [-0.3, -0.25) is 14.9 Å². The highest BCUT2D eigenvalue weighted by atomic mass is 16.2. The monoisotopic (exact) mass is 265 g/mol. The van der Waals surface area contributed by atoms with Gasteiger partial charge >= 0.3 is 6.03 Å². The molecule has 0 aromatic carbocycles. The van der Waals surface area contributed by atoms with E-state index in [0.29, 0.717) is 25.4 Å². The minimum absolute atomic E-state index is 0.0929. The average molecular weight is 265 g/mol. The molecule has 0 aromatic rings. The second kappa shape index (κ2) is 4.21. The largest absolute Gasteiger partial charge is 0.339 e. The summed E-state index contributed by atoms with van der Waals surface area (Å²) in [6, 6.07) is -0.450. The van der Waals surface area contributed by atoms with Crippen LogP contribution in [-0.4, -0.2) is 41.4 Å². The number of imide groups is 1. The van der Waals surface area contributed by atoms with Crippen LogP contribution in [0.5, 0.6) is 0 Å². The van der Waals surface area contributed by atoms with Crippen molar-refractivity contribution in [2.45, 2.75) is 38.1 Å². The summed E-state index contributed by atoms with van der Waals surface area (Å²) in [5.74, 6) is 0.370. The highest BCUT2D eigenvalue weighted by Gasteiger charge is 2.52. The molecule has 2 N–H and O–H groups in total. The van der Waals surface area contributed by atoms with E-state index in [2.05, 4.69) is 17.6 Å². The molecule has 0 radical (unpaired) electrons. The number of likely N-dealkylation sites (tertiary alicyclic amines) is 1. The summed E-state index contributed by atoms with van der Waals surface area (Å²) in [7, 11) is 0. The third-order valence-corrected chi connectivity index (χ3v) is 4.77. The Bertz CT molecular complexity index is 450. The molecule has 3 unspecified atom stereocenters. The van der Waals surface area contributed by atoms with Gasteiger partial charge in [0.2, 0.25) is 5.91 Å². The SMILES string of the molecule is CC1CCCC1C(=O)N1CCC2(C1)NC(=O)NC2=O. The minimum Gasteiger partial charge on any atom is -0.339 e. The Morgan fingerprint density at radius 1 is 1.37 bits per heavy atom. The van der Waals surface area contributed by atoms with Crippen LogP contribution in [-0.2, 0) is 9.59 Å². The predicted octanol–water partition coefficient (Wildman–Crippen LogP) is 0.233. The van der Waals surface area contributed by atoms with Gasteiger partial charge in [-0.05, 0) is 25.2 Å². The number of carbonyl (C=O) groups excluding carboxylic acids is 3. The Balaban J connectivity index is 1.70. The van der Waals surface area contributed by atoms with Gasteiger partial charge < -0.3 is 10.2 Å². The third-order valence-electron chi connectivity index (χ3n) is 4.77. The molecule has 6 heteroatoms. The van der Waals surface area contributed by atoms with E-state index < -0.39 is 11.6 Å². The van der Waals surface area contributed by atoms with Crippen molar-refractivity contribution >= 4 is 17.8 Å². The van der Waals surface area contributed by atoms with Gasteiger partial charge in [-0.2, -0.15) is 0 Å². The molecule has 3 aliphatic rings. The number of nitrogens with zero attached hydrogens (tertiary/aromatic N) is 1. The summed E-state index contributed by atoms with van der Waals surface area (Å²) in [4.78, 5) is 37.3. The molecule has 1 aliphatic carbocycles. The highest BCUT2D eigenvalue weighted by molar-refractivity contribution is 6.07. The molecule has 3 atom stereocenters. The molecule has 3 fully saturated rings. The number of hydrogen-bond acceptors (Lipinski definition) is 3. The second-order valence-corrected chi connectivity index (χ2v) is 6.01. The molecule has 6 nitrogen and oxygen atoms in total. The zero-order chi connectivity index (χ0) is 13.6. The maximum atomic E-state index is 12.5. The van der Waals surface area contributed by atoms with Gasteiger partial charge in [0.1, 0.15) is 5.54 Å². The molecule has 2 saturated heterocycles. The van der Waals surface area contributed by atoms with Crippen LogP contribution in [0.2, 0.25) is 0 Å². The number of carbonyl (C=O) groups is 3. The highest BCUT2D eigenvalue weighted by Crippen LogP contribution is 2.34. The van der Waals surface area contributed by atoms with Gasteiger partial charge in [0, 0.05) is 12.5 Å². The van der Waals surface area contributed by atoms with Gasteiger partial charge in [-0.15, -0.1) is 0 Å². The Morgan fingerprint density at radius 3 is 2.74 bits per heavy atom. The number of nitrogens with one attached hydrogen (secondary N) is 2. The number of urea groups is 1. The van der Waals surface area contributed by atoms with E-state index in [9.17, 15) is 14.4 Å². The average Bonchev–Trinajstić information content (AvgIpc) is 3.01. The van der Waals surface area contributed by atoms with Gasteiger partial charge in [0.05, 0.1) is 6.54 Å². The lowest BCUT2D eigenvalue weighted by molar-refractivity contribution is -0.135. The molecule has 3 rings (SSSR count). The summed E-state index contributed by atoms with van der Waals surface area (Å²) in [5, 5.41) is 4.93. The fourth-order valence-corrected chi connectivity index (χ4v) is 3.56. The molecule has 104 valence electrons. The Kier molecular flexibility index (Phi) is 2.76. The molecule has 2 heterocycles. The van der Waals surface area contributed by atoms with E-state index in [4.69, 9.17) is 0 Å². The maximum absolute atomic E-state index is 12.5. The topological polar surface area (TPSA) is 78.5 Å². The summed E-state index contributed by atoms with van der Waals surface area (Å²) in [6.45, 7) is 2.98. The van der Waals surface area contributed by atoms with Crippen LogP contribution in [0.4, 0.5) is 4.79 Å². The zero-order valence-corrected chi connectivity index (χ0v) is 11.1. The van der Waals surface area contributed by atoms with E-state index >= 15 is 0 Å². The smallest absolute Gasteiger partial charge is 0.322 e. The standard InChI is InChI=1S/C13H19N3O3/c1-8-3-2-4-9(8)10(17)16-6-5-13(7-16)11(18)14-12(19)15-13/h8-9H,2-7H2,1H3,(H2,14,15,18,19). The van der Waals surface area contributed by atoms with Crippen LogP contribution in [0.3, 0.4) is 0 Å². The van der Waals surface area contributed by atoms with E-state index in [1.54, 1.807) is 4.90 Å². The summed E-state index contributed by atoms with van der Waals surface area (Å²) >= 11 is 0. The molecule has 0 aromatic heterocycles. The van der Waals surface area contributed by atoms with Gasteiger partial charge in [-0.1, -0.05) is 13.3 Å². The molecule has 1 spiro atoms. The summed E-state index contributed by atoms with van der Waals surface area (Å²) < 4.78 is 0. The van der Waals surface area contributed by atoms with E-state index in [1.807, 2.05) is 0 Å². The second-order valence-electron chi connectivity index (χ2n) is 6.01. The lowest BCUT2D eigenvalue weighted by Gasteiger charge is -2.25. The van der Waals surface area contributed by atoms with Crippen LogP contribution in [0, 0.1) is 11.8 Å². The zero-order valence-electron chi connectivity index (χ0n) is 11.1. The van der Waals surface area contributed by atoms with Crippen LogP contribution in [0.15, 0.2) is 0 Å². The van der Waals surface area contributed by atoms with Crippen LogP contribution < -0.4 is 10.6 Å². The number of hydrogen-bond donors (Lipinski definition) is 2. The maximum Gasteiger partial charge on any atom is 0.322 e. The lowest BCUT2D eigenvalue weighted by atomic mass is 9.96. The van der Waals surface area contributed by atoms with Crippen molar-refractivity contribution in [3.63, 3.8) is 0 Å². The molecule has 0 bridgehead atoms. The molecular weight excluding hydrogens is 246 g/mol. The Morgan fingerprint density at radius 2 is 2.16 bits per heavy atom. The number of rotatable bonds is 1. The first-order valence-electron chi connectivity index (χ1n) is 6.94. The fourth-order valence-electron chi connectivity index (χ4n) is 3.56. The normalized spacial score (nSPS) is 37.8. The molecular formula is C13H19N3O3.